The van der Waals surface area contributed by atoms with Gasteiger partial charge in [-0.15, -0.1) is 0 Å². The van der Waals surface area contributed by atoms with Gasteiger partial charge in [-0.25, -0.2) is 0 Å². The number of carbonyl (C=O) groups excluding carboxylic acids is 2. The first-order valence-electron chi connectivity index (χ1n) is 9.51. The van der Waals surface area contributed by atoms with Crippen molar-refractivity contribution in [3.63, 3.8) is 0 Å². The average molecular weight is 413 g/mol. The number of amides is 1. The van der Waals surface area contributed by atoms with Gasteiger partial charge in [0.05, 0.1) is 24.1 Å². The van der Waals surface area contributed by atoms with Gasteiger partial charge in [0.2, 0.25) is 5.91 Å². The van der Waals surface area contributed by atoms with Gasteiger partial charge in [-0.2, -0.15) is 0 Å². The van der Waals surface area contributed by atoms with Gasteiger partial charge < -0.3 is 10.1 Å². The second-order valence-corrected chi connectivity index (χ2v) is 7.88. The molecule has 0 bridgehead atoms. The minimum absolute atomic E-state index is 0.0364. The van der Waals surface area contributed by atoms with Gasteiger partial charge >= 0.3 is 0 Å². The SMILES string of the molecule is COc1cc2c(CC(=O)NC(C)C)c(C)n(C(=O)c3ccc(C)cc3)c2cc1Cl. The van der Waals surface area contributed by atoms with E-state index in [-0.39, 0.29) is 24.3 Å². The number of nitrogens with one attached hydrogen (secondary N) is 1. The standard InChI is InChI=1S/C23H25ClN2O3/c1-13(2)25-22(27)11-17-15(4)26(23(28)16-8-6-14(3)7-9-16)20-12-19(24)21(29-5)10-18(17)20/h6-10,12-13H,11H2,1-5H3,(H,25,27). The Hall–Kier alpha value is -2.79. The fraction of sp³-hybridized carbons (Fsp3) is 0.304. The second kappa shape index (κ2) is 8.29. The smallest absolute Gasteiger partial charge is 0.262 e. The van der Waals surface area contributed by atoms with Crippen molar-refractivity contribution in [3.05, 3.63) is 63.8 Å². The van der Waals surface area contributed by atoms with Crippen LogP contribution >= 0.6 is 11.6 Å². The van der Waals surface area contributed by atoms with E-state index in [2.05, 4.69) is 5.32 Å². The summed E-state index contributed by atoms with van der Waals surface area (Å²) in [7, 11) is 1.54. The molecule has 0 unspecified atom stereocenters. The number of carbonyl (C=O) groups is 2. The molecule has 5 nitrogen and oxygen atoms in total. The zero-order chi connectivity index (χ0) is 21.3. The van der Waals surface area contributed by atoms with Crippen LogP contribution in [0.5, 0.6) is 5.75 Å². The first-order valence-corrected chi connectivity index (χ1v) is 9.88. The first-order chi connectivity index (χ1) is 13.7. The molecule has 0 saturated heterocycles. The predicted octanol–water partition coefficient (Wildman–Crippen LogP) is 4.68. The topological polar surface area (TPSA) is 60.3 Å². The Morgan fingerprint density at radius 2 is 1.79 bits per heavy atom. The molecule has 0 radical (unpaired) electrons. The molecule has 1 N–H and O–H groups in total. The molecular weight excluding hydrogens is 388 g/mol. The predicted molar refractivity (Wildman–Crippen MR) is 116 cm³/mol. The molecule has 29 heavy (non-hydrogen) atoms. The van der Waals surface area contributed by atoms with Crippen LogP contribution in [0.3, 0.4) is 0 Å². The quantitative estimate of drug-likeness (QED) is 0.662. The maximum absolute atomic E-state index is 13.3. The molecule has 1 heterocycles. The Morgan fingerprint density at radius 3 is 2.38 bits per heavy atom. The Balaban J connectivity index is 2.20. The van der Waals surface area contributed by atoms with Crippen molar-refractivity contribution in [3.8, 4) is 5.75 Å². The van der Waals surface area contributed by atoms with Crippen molar-refractivity contribution >= 4 is 34.3 Å². The summed E-state index contributed by atoms with van der Waals surface area (Å²) in [5, 5.41) is 4.10. The van der Waals surface area contributed by atoms with Crippen LogP contribution in [0.4, 0.5) is 0 Å². The summed E-state index contributed by atoms with van der Waals surface area (Å²) in [6, 6.07) is 11.0. The lowest BCUT2D eigenvalue weighted by molar-refractivity contribution is -0.120. The Labute approximate surface area is 175 Å². The molecular formula is C23H25ClN2O3. The average Bonchev–Trinajstić information content (AvgIpc) is 2.91. The molecule has 0 spiro atoms. The molecule has 3 aromatic rings. The van der Waals surface area contributed by atoms with Gasteiger partial charge in [-0.3, -0.25) is 14.2 Å². The molecule has 0 saturated carbocycles. The van der Waals surface area contributed by atoms with E-state index >= 15 is 0 Å². The lowest BCUT2D eigenvalue weighted by Crippen LogP contribution is -2.31. The molecule has 0 aliphatic rings. The summed E-state index contributed by atoms with van der Waals surface area (Å²) >= 11 is 6.35. The zero-order valence-electron chi connectivity index (χ0n) is 17.3. The number of rotatable bonds is 5. The van der Waals surface area contributed by atoms with Gasteiger partial charge in [-0.1, -0.05) is 29.3 Å². The monoisotopic (exact) mass is 412 g/mol. The number of halogens is 1. The molecule has 2 aromatic carbocycles. The van der Waals surface area contributed by atoms with E-state index < -0.39 is 0 Å². The minimum atomic E-state index is -0.163. The number of hydrogen-bond acceptors (Lipinski definition) is 3. The third-order valence-corrected chi connectivity index (χ3v) is 5.19. The highest BCUT2D eigenvalue weighted by molar-refractivity contribution is 6.33. The lowest BCUT2D eigenvalue weighted by atomic mass is 10.1. The number of nitrogens with zero attached hydrogens (tertiary/aromatic N) is 1. The maximum atomic E-state index is 13.3. The van der Waals surface area contributed by atoms with Crippen LogP contribution < -0.4 is 10.1 Å². The van der Waals surface area contributed by atoms with E-state index in [1.54, 1.807) is 35.9 Å². The third-order valence-electron chi connectivity index (χ3n) is 4.90. The van der Waals surface area contributed by atoms with Crippen LogP contribution in [-0.2, 0) is 11.2 Å². The zero-order valence-corrected chi connectivity index (χ0v) is 18.1. The van der Waals surface area contributed by atoms with Crippen LogP contribution in [0.1, 0.15) is 41.0 Å². The fourth-order valence-electron chi connectivity index (χ4n) is 3.48. The molecule has 1 amide bonds. The van der Waals surface area contributed by atoms with Crippen molar-refractivity contribution in [2.45, 2.75) is 40.2 Å². The maximum Gasteiger partial charge on any atom is 0.262 e. The summed E-state index contributed by atoms with van der Waals surface area (Å²) in [5.41, 5.74) is 3.81. The highest BCUT2D eigenvalue weighted by Crippen LogP contribution is 2.35. The first kappa shape index (κ1) is 20.9. The van der Waals surface area contributed by atoms with E-state index in [1.807, 2.05) is 39.8 Å². The minimum Gasteiger partial charge on any atom is -0.495 e. The third kappa shape index (κ3) is 4.15. The number of fused-ring (bicyclic) bond motifs is 1. The van der Waals surface area contributed by atoms with Crippen molar-refractivity contribution < 1.29 is 14.3 Å². The largest absolute Gasteiger partial charge is 0.495 e. The van der Waals surface area contributed by atoms with Crippen LogP contribution in [0.25, 0.3) is 10.9 Å². The van der Waals surface area contributed by atoms with Crippen LogP contribution in [0, 0.1) is 13.8 Å². The van der Waals surface area contributed by atoms with E-state index in [0.717, 1.165) is 16.5 Å². The molecule has 0 fully saturated rings. The molecule has 1 aromatic heterocycles. The molecule has 0 aliphatic heterocycles. The summed E-state index contributed by atoms with van der Waals surface area (Å²) < 4.78 is 6.99. The normalized spacial score (nSPS) is 11.1. The van der Waals surface area contributed by atoms with Crippen LogP contribution in [0.2, 0.25) is 5.02 Å². The van der Waals surface area contributed by atoms with E-state index in [4.69, 9.17) is 16.3 Å². The number of ether oxygens (including phenoxy) is 1. The lowest BCUT2D eigenvalue weighted by Gasteiger charge is -2.10. The highest BCUT2D eigenvalue weighted by Gasteiger charge is 2.23. The number of aryl methyl sites for hydroxylation is 1. The molecule has 3 rings (SSSR count). The Kier molecular flexibility index (Phi) is 5.99. The van der Waals surface area contributed by atoms with Gasteiger partial charge in [0.1, 0.15) is 5.75 Å². The number of benzene rings is 2. The number of aromatic nitrogens is 1. The van der Waals surface area contributed by atoms with Crippen LogP contribution in [0.15, 0.2) is 36.4 Å². The van der Waals surface area contributed by atoms with Crippen molar-refractivity contribution in [1.29, 1.82) is 0 Å². The fourth-order valence-corrected chi connectivity index (χ4v) is 3.72. The summed E-state index contributed by atoms with van der Waals surface area (Å²) in [6.07, 6.45) is 0.166. The molecule has 6 heteroatoms. The van der Waals surface area contributed by atoms with Gasteiger partial charge in [0.25, 0.3) is 5.91 Å². The number of hydrogen-bond donors (Lipinski definition) is 1. The van der Waals surface area contributed by atoms with Crippen LogP contribution in [-0.4, -0.2) is 29.5 Å². The van der Waals surface area contributed by atoms with E-state index in [9.17, 15) is 9.59 Å². The van der Waals surface area contributed by atoms with Gasteiger partial charge in [0, 0.05) is 22.7 Å². The van der Waals surface area contributed by atoms with Crippen molar-refractivity contribution in [1.82, 2.24) is 9.88 Å². The highest BCUT2D eigenvalue weighted by atomic mass is 35.5. The molecule has 0 atom stereocenters. The van der Waals surface area contributed by atoms with E-state index in [1.165, 1.54) is 0 Å². The Bertz CT molecular complexity index is 1080. The summed E-state index contributed by atoms with van der Waals surface area (Å²) in [4.78, 5) is 25.8. The second-order valence-electron chi connectivity index (χ2n) is 7.47. The van der Waals surface area contributed by atoms with Crippen molar-refractivity contribution in [2.75, 3.05) is 7.11 Å². The number of methoxy groups -OCH3 is 1. The Morgan fingerprint density at radius 1 is 1.14 bits per heavy atom. The molecule has 152 valence electrons. The van der Waals surface area contributed by atoms with E-state index in [0.29, 0.717) is 27.5 Å². The van der Waals surface area contributed by atoms with Gasteiger partial charge in [0.15, 0.2) is 0 Å². The van der Waals surface area contributed by atoms with Crippen molar-refractivity contribution in [2.24, 2.45) is 0 Å². The van der Waals surface area contributed by atoms with Gasteiger partial charge in [-0.05, 0) is 57.5 Å². The summed E-state index contributed by atoms with van der Waals surface area (Å²) in [6.45, 7) is 7.65. The summed E-state index contributed by atoms with van der Waals surface area (Å²) in [5.74, 6) is 0.243. The molecule has 0 aliphatic carbocycles.